The van der Waals surface area contributed by atoms with Crippen LogP contribution in [0, 0.1) is 13.8 Å². The Labute approximate surface area is 106 Å². The third kappa shape index (κ3) is 5.38. The molecular weight excluding hydrogens is 210 g/mol. The van der Waals surface area contributed by atoms with E-state index >= 15 is 0 Å². The van der Waals surface area contributed by atoms with Gasteiger partial charge in [-0.2, -0.15) is 0 Å². The minimum atomic E-state index is 1.01. The third-order valence-corrected chi connectivity index (χ3v) is 3.46. The quantitative estimate of drug-likeness (QED) is 0.566. The number of nitrogens with zero attached hydrogens (tertiary/aromatic N) is 1. The van der Waals surface area contributed by atoms with E-state index in [1.807, 2.05) is 13.8 Å². The SMILES string of the molecule is CCCCCCCCCCc1c(C)noc1C. The largest absolute Gasteiger partial charge is 0.361 e. The lowest BCUT2D eigenvalue weighted by Gasteiger charge is -2.01. The number of rotatable bonds is 9. The summed E-state index contributed by atoms with van der Waals surface area (Å²) in [5, 5.41) is 3.99. The molecule has 0 fully saturated rings. The zero-order valence-corrected chi connectivity index (χ0v) is 11.7. The lowest BCUT2D eigenvalue weighted by molar-refractivity contribution is 0.392. The molecule has 1 rings (SSSR count). The molecule has 0 atom stereocenters. The summed E-state index contributed by atoms with van der Waals surface area (Å²) < 4.78 is 5.17. The maximum absolute atomic E-state index is 5.17. The van der Waals surface area contributed by atoms with Crippen LogP contribution in [0.4, 0.5) is 0 Å². The molecule has 0 saturated carbocycles. The molecule has 0 aliphatic heterocycles. The van der Waals surface area contributed by atoms with Crippen molar-refractivity contribution in [3.8, 4) is 0 Å². The van der Waals surface area contributed by atoms with Crippen LogP contribution in [0.15, 0.2) is 4.52 Å². The molecule has 0 aliphatic rings. The Morgan fingerprint density at radius 1 is 0.882 bits per heavy atom. The number of hydrogen-bond donors (Lipinski definition) is 0. The van der Waals surface area contributed by atoms with E-state index in [0.717, 1.165) is 17.9 Å². The summed E-state index contributed by atoms with van der Waals surface area (Å²) in [6, 6.07) is 0. The Kier molecular flexibility index (Phi) is 6.99. The highest BCUT2D eigenvalue weighted by atomic mass is 16.5. The molecule has 2 nitrogen and oxygen atoms in total. The molecule has 1 aromatic rings. The van der Waals surface area contributed by atoms with Crippen LogP contribution < -0.4 is 0 Å². The Bertz CT molecular complexity index is 284. The maximum atomic E-state index is 5.17. The van der Waals surface area contributed by atoms with Crippen molar-refractivity contribution < 1.29 is 4.52 Å². The number of aryl methyl sites for hydroxylation is 2. The van der Waals surface area contributed by atoms with Crippen molar-refractivity contribution in [3.63, 3.8) is 0 Å². The summed E-state index contributed by atoms with van der Waals surface area (Å²) >= 11 is 0. The summed E-state index contributed by atoms with van der Waals surface area (Å²) in [5.74, 6) is 1.01. The first-order valence-corrected chi connectivity index (χ1v) is 7.17. The van der Waals surface area contributed by atoms with Crippen LogP contribution in [-0.2, 0) is 6.42 Å². The molecule has 0 aliphatic carbocycles. The first kappa shape index (κ1) is 14.3. The van der Waals surface area contributed by atoms with Crippen LogP contribution in [0.2, 0.25) is 0 Å². The van der Waals surface area contributed by atoms with Gasteiger partial charge in [0.1, 0.15) is 5.76 Å². The van der Waals surface area contributed by atoms with Gasteiger partial charge in [0.2, 0.25) is 0 Å². The number of aromatic nitrogens is 1. The van der Waals surface area contributed by atoms with Gasteiger partial charge in [-0.15, -0.1) is 0 Å². The molecule has 0 radical (unpaired) electrons. The monoisotopic (exact) mass is 237 g/mol. The summed E-state index contributed by atoms with van der Waals surface area (Å²) in [6.07, 6.45) is 12.1. The van der Waals surface area contributed by atoms with Gasteiger partial charge < -0.3 is 4.52 Å². The minimum absolute atomic E-state index is 1.01. The summed E-state index contributed by atoms with van der Waals surface area (Å²) in [7, 11) is 0. The van der Waals surface area contributed by atoms with Crippen LogP contribution >= 0.6 is 0 Å². The van der Waals surface area contributed by atoms with Crippen molar-refractivity contribution in [2.75, 3.05) is 0 Å². The molecule has 1 heterocycles. The molecule has 17 heavy (non-hydrogen) atoms. The molecule has 0 aromatic carbocycles. The van der Waals surface area contributed by atoms with Gasteiger partial charge >= 0.3 is 0 Å². The van der Waals surface area contributed by atoms with Crippen molar-refractivity contribution in [2.24, 2.45) is 0 Å². The average Bonchev–Trinajstić information content (AvgIpc) is 2.63. The van der Waals surface area contributed by atoms with E-state index in [9.17, 15) is 0 Å². The van der Waals surface area contributed by atoms with Crippen LogP contribution in [0.3, 0.4) is 0 Å². The molecule has 0 amide bonds. The fourth-order valence-corrected chi connectivity index (χ4v) is 2.29. The Balaban J connectivity index is 2.01. The normalized spacial score (nSPS) is 11.0. The molecule has 0 saturated heterocycles. The van der Waals surface area contributed by atoms with Crippen LogP contribution in [-0.4, -0.2) is 5.16 Å². The molecule has 0 spiro atoms. The van der Waals surface area contributed by atoms with Crippen molar-refractivity contribution in [1.82, 2.24) is 5.16 Å². The summed E-state index contributed by atoms with van der Waals surface area (Å²) in [4.78, 5) is 0. The van der Waals surface area contributed by atoms with Crippen LogP contribution in [0.25, 0.3) is 0 Å². The first-order valence-electron chi connectivity index (χ1n) is 7.17. The molecule has 1 aromatic heterocycles. The van der Waals surface area contributed by atoms with Gasteiger partial charge in [0.05, 0.1) is 5.69 Å². The predicted molar refractivity (Wildman–Crippen MR) is 72.3 cm³/mol. The average molecular weight is 237 g/mol. The van der Waals surface area contributed by atoms with E-state index in [-0.39, 0.29) is 0 Å². The molecule has 0 unspecified atom stereocenters. The highest BCUT2D eigenvalue weighted by Gasteiger charge is 2.07. The minimum Gasteiger partial charge on any atom is -0.361 e. The second-order valence-corrected chi connectivity index (χ2v) is 5.03. The van der Waals surface area contributed by atoms with Crippen molar-refractivity contribution in [2.45, 2.75) is 78.6 Å². The van der Waals surface area contributed by atoms with Gasteiger partial charge in [-0.25, -0.2) is 0 Å². The summed E-state index contributed by atoms with van der Waals surface area (Å²) in [5.41, 5.74) is 2.40. The second kappa shape index (κ2) is 8.32. The Morgan fingerprint density at radius 3 is 2.00 bits per heavy atom. The third-order valence-electron chi connectivity index (χ3n) is 3.46. The van der Waals surface area contributed by atoms with E-state index in [4.69, 9.17) is 4.52 Å². The first-order chi connectivity index (χ1) is 8.25. The predicted octanol–water partition coefficient (Wildman–Crippen LogP) is 4.97. The van der Waals surface area contributed by atoms with Gasteiger partial charge in [0.25, 0.3) is 0 Å². The van der Waals surface area contributed by atoms with E-state index in [0.29, 0.717) is 0 Å². The molecule has 0 N–H and O–H groups in total. The molecule has 2 heteroatoms. The number of unbranched alkanes of at least 4 members (excludes halogenated alkanes) is 7. The standard InChI is InChI=1S/C15H27NO/c1-4-5-6-7-8-9-10-11-12-15-13(2)16-17-14(15)3/h4-12H2,1-3H3. The fraction of sp³-hybridized carbons (Fsp3) is 0.800. The maximum Gasteiger partial charge on any atom is 0.137 e. The Morgan fingerprint density at radius 2 is 1.47 bits per heavy atom. The van der Waals surface area contributed by atoms with Crippen molar-refractivity contribution in [1.29, 1.82) is 0 Å². The smallest absolute Gasteiger partial charge is 0.137 e. The lowest BCUT2D eigenvalue weighted by atomic mass is 10.0. The van der Waals surface area contributed by atoms with E-state index < -0.39 is 0 Å². The lowest BCUT2D eigenvalue weighted by Crippen LogP contribution is -1.89. The van der Waals surface area contributed by atoms with E-state index in [1.54, 1.807) is 0 Å². The Hall–Kier alpha value is -0.790. The second-order valence-electron chi connectivity index (χ2n) is 5.03. The van der Waals surface area contributed by atoms with Gasteiger partial charge in [0, 0.05) is 5.56 Å². The number of hydrogen-bond acceptors (Lipinski definition) is 2. The molecule has 98 valence electrons. The van der Waals surface area contributed by atoms with Crippen molar-refractivity contribution >= 4 is 0 Å². The molecule has 0 bridgehead atoms. The zero-order valence-electron chi connectivity index (χ0n) is 11.7. The zero-order chi connectivity index (χ0) is 12.5. The summed E-state index contributed by atoms with van der Waals surface area (Å²) in [6.45, 7) is 6.32. The van der Waals surface area contributed by atoms with E-state index in [1.165, 1.54) is 56.9 Å². The highest BCUT2D eigenvalue weighted by molar-refractivity contribution is 5.20. The van der Waals surface area contributed by atoms with Gasteiger partial charge in [-0.1, -0.05) is 57.0 Å². The van der Waals surface area contributed by atoms with Gasteiger partial charge in [0.15, 0.2) is 0 Å². The van der Waals surface area contributed by atoms with Crippen molar-refractivity contribution in [3.05, 3.63) is 17.0 Å². The van der Waals surface area contributed by atoms with E-state index in [2.05, 4.69) is 12.1 Å². The topological polar surface area (TPSA) is 26.0 Å². The van der Waals surface area contributed by atoms with Crippen LogP contribution in [0.1, 0.15) is 75.3 Å². The molecular formula is C15H27NO. The van der Waals surface area contributed by atoms with Gasteiger partial charge in [-0.05, 0) is 26.7 Å². The van der Waals surface area contributed by atoms with Crippen LogP contribution in [0.5, 0.6) is 0 Å². The fourth-order valence-electron chi connectivity index (χ4n) is 2.29. The van der Waals surface area contributed by atoms with Gasteiger partial charge in [-0.3, -0.25) is 0 Å². The highest BCUT2D eigenvalue weighted by Crippen LogP contribution is 2.16.